The van der Waals surface area contributed by atoms with Gasteiger partial charge < -0.3 is 0 Å². The molecule has 0 saturated heterocycles. The summed E-state index contributed by atoms with van der Waals surface area (Å²) in [6.07, 6.45) is 2.60. The number of fused-ring (bicyclic) bond motifs is 2. The third kappa shape index (κ3) is 3.10. The lowest BCUT2D eigenvalue weighted by molar-refractivity contribution is 0.925. The van der Waals surface area contributed by atoms with Gasteiger partial charge >= 0.3 is 0 Å². The Kier molecular flexibility index (Phi) is 4.33. The van der Waals surface area contributed by atoms with Gasteiger partial charge in [0.1, 0.15) is 0 Å². The van der Waals surface area contributed by atoms with Crippen LogP contribution in [0.25, 0.3) is 27.5 Å². The Bertz CT molecular complexity index is 1400. The van der Waals surface area contributed by atoms with Crippen LogP contribution in [0.15, 0.2) is 95.0 Å². The summed E-state index contributed by atoms with van der Waals surface area (Å²) in [6.45, 7) is 0. The fourth-order valence-electron chi connectivity index (χ4n) is 4.19. The van der Waals surface area contributed by atoms with Crippen molar-refractivity contribution in [2.24, 2.45) is 0 Å². The standard InChI is InChI=1S/C26H19ClN2S/c27-18-6-5-7-19(16-18)30-26-28-23-10-3-4-11-25(23)29(26)24-15-14-20(17-12-13-17)21-8-1-2-9-22(21)24/h1-11,14-17H,12-13H2. The molecule has 1 aliphatic rings. The highest BCUT2D eigenvalue weighted by Gasteiger charge is 2.26. The lowest BCUT2D eigenvalue weighted by Crippen LogP contribution is -1.99. The van der Waals surface area contributed by atoms with Gasteiger partial charge in [-0.15, -0.1) is 0 Å². The summed E-state index contributed by atoms with van der Waals surface area (Å²) in [5.41, 5.74) is 4.76. The molecule has 30 heavy (non-hydrogen) atoms. The summed E-state index contributed by atoms with van der Waals surface area (Å²) in [7, 11) is 0. The Labute approximate surface area is 184 Å². The van der Waals surface area contributed by atoms with E-state index in [4.69, 9.17) is 16.6 Å². The van der Waals surface area contributed by atoms with Gasteiger partial charge in [0.05, 0.1) is 16.7 Å². The normalized spacial score (nSPS) is 13.9. The Morgan fingerprint density at radius 1 is 0.833 bits per heavy atom. The quantitative estimate of drug-likeness (QED) is 0.291. The molecule has 4 aromatic carbocycles. The molecule has 0 radical (unpaired) electrons. The van der Waals surface area contributed by atoms with Gasteiger partial charge in [0.15, 0.2) is 5.16 Å². The van der Waals surface area contributed by atoms with Crippen molar-refractivity contribution < 1.29 is 0 Å². The zero-order chi connectivity index (χ0) is 20.1. The molecule has 0 bridgehead atoms. The second-order valence-corrected chi connectivity index (χ2v) is 9.25. The van der Waals surface area contributed by atoms with Crippen LogP contribution in [-0.2, 0) is 0 Å². The molecular formula is C26H19ClN2S. The average molecular weight is 427 g/mol. The number of hydrogen-bond donors (Lipinski definition) is 0. The maximum atomic E-state index is 6.24. The van der Waals surface area contributed by atoms with Crippen LogP contribution in [0.2, 0.25) is 5.02 Å². The molecule has 0 atom stereocenters. The average Bonchev–Trinajstić information content (AvgIpc) is 3.54. The minimum absolute atomic E-state index is 0.712. The van der Waals surface area contributed by atoms with E-state index in [1.54, 1.807) is 11.8 Å². The molecule has 6 rings (SSSR count). The number of aromatic nitrogens is 2. The van der Waals surface area contributed by atoms with Crippen molar-refractivity contribution in [3.05, 3.63) is 95.5 Å². The van der Waals surface area contributed by atoms with Gasteiger partial charge in [-0.05, 0) is 66.1 Å². The third-order valence-corrected chi connectivity index (χ3v) is 6.91. The SMILES string of the molecule is Clc1cccc(Sc2nc3ccccc3n2-c2ccc(C3CC3)c3ccccc23)c1. The highest BCUT2D eigenvalue weighted by atomic mass is 35.5. The number of nitrogens with zero attached hydrogens (tertiary/aromatic N) is 2. The molecule has 0 spiro atoms. The van der Waals surface area contributed by atoms with Gasteiger partial charge in [-0.1, -0.05) is 71.9 Å². The van der Waals surface area contributed by atoms with Crippen molar-refractivity contribution in [2.45, 2.75) is 28.8 Å². The van der Waals surface area contributed by atoms with Crippen LogP contribution in [0.3, 0.4) is 0 Å². The first-order valence-electron chi connectivity index (χ1n) is 10.2. The second-order valence-electron chi connectivity index (χ2n) is 7.77. The molecule has 4 heteroatoms. The highest BCUT2D eigenvalue weighted by molar-refractivity contribution is 7.99. The van der Waals surface area contributed by atoms with Crippen molar-refractivity contribution in [1.29, 1.82) is 0 Å². The summed E-state index contributed by atoms with van der Waals surface area (Å²) in [5, 5.41) is 4.32. The molecule has 0 amide bonds. The largest absolute Gasteiger partial charge is 0.286 e. The van der Waals surface area contributed by atoms with Crippen LogP contribution >= 0.6 is 23.4 Å². The molecule has 0 unspecified atom stereocenters. The predicted molar refractivity (Wildman–Crippen MR) is 126 cm³/mol. The maximum absolute atomic E-state index is 6.24. The minimum atomic E-state index is 0.712. The predicted octanol–water partition coefficient (Wildman–Crippen LogP) is 7.86. The number of halogens is 1. The molecule has 1 heterocycles. The summed E-state index contributed by atoms with van der Waals surface area (Å²) in [4.78, 5) is 6.05. The van der Waals surface area contributed by atoms with Gasteiger partial charge in [0.25, 0.3) is 0 Å². The molecular weight excluding hydrogens is 408 g/mol. The van der Waals surface area contributed by atoms with Crippen LogP contribution in [0.1, 0.15) is 24.3 Å². The second kappa shape index (κ2) is 7.19. The molecule has 5 aromatic rings. The molecule has 146 valence electrons. The van der Waals surface area contributed by atoms with E-state index >= 15 is 0 Å². The third-order valence-electron chi connectivity index (χ3n) is 5.73. The van der Waals surface area contributed by atoms with Crippen molar-refractivity contribution in [1.82, 2.24) is 9.55 Å². The summed E-state index contributed by atoms with van der Waals surface area (Å²) in [6, 6.07) is 29.7. The Balaban J connectivity index is 1.60. The van der Waals surface area contributed by atoms with Crippen LogP contribution in [0.5, 0.6) is 0 Å². The topological polar surface area (TPSA) is 17.8 Å². The van der Waals surface area contributed by atoms with Crippen LogP contribution < -0.4 is 0 Å². The van der Waals surface area contributed by atoms with E-state index in [1.165, 1.54) is 34.9 Å². The van der Waals surface area contributed by atoms with Gasteiger partial charge in [-0.2, -0.15) is 0 Å². The lowest BCUT2D eigenvalue weighted by Gasteiger charge is -2.15. The van der Waals surface area contributed by atoms with Crippen LogP contribution in [0, 0.1) is 0 Å². The molecule has 0 aliphatic heterocycles. The summed E-state index contributed by atoms with van der Waals surface area (Å²) < 4.78 is 2.29. The van der Waals surface area contributed by atoms with Gasteiger partial charge in [-0.3, -0.25) is 4.57 Å². The fourth-order valence-corrected chi connectivity index (χ4v) is 5.42. The van der Waals surface area contributed by atoms with Gasteiger partial charge in [0.2, 0.25) is 0 Å². The molecule has 2 nitrogen and oxygen atoms in total. The van der Waals surface area contributed by atoms with Crippen LogP contribution in [0.4, 0.5) is 0 Å². The van der Waals surface area contributed by atoms with Gasteiger partial charge in [0, 0.05) is 15.3 Å². The first-order chi connectivity index (χ1) is 14.8. The Morgan fingerprint density at radius 3 is 2.47 bits per heavy atom. The van der Waals surface area contributed by atoms with E-state index in [-0.39, 0.29) is 0 Å². The van der Waals surface area contributed by atoms with E-state index in [1.807, 2.05) is 24.3 Å². The van der Waals surface area contributed by atoms with E-state index in [9.17, 15) is 0 Å². The summed E-state index contributed by atoms with van der Waals surface area (Å²) >= 11 is 7.88. The molecule has 1 aromatic heterocycles. The smallest absolute Gasteiger partial charge is 0.178 e. The van der Waals surface area contributed by atoms with E-state index in [0.717, 1.165) is 26.1 Å². The van der Waals surface area contributed by atoms with Crippen molar-refractivity contribution in [3.63, 3.8) is 0 Å². The van der Waals surface area contributed by atoms with E-state index in [2.05, 4.69) is 65.2 Å². The lowest BCUT2D eigenvalue weighted by atomic mass is 9.99. The summed E-state index contributed by atoms with van der Waals surface area (Å²) in [5.74, 6) is 0.712. The zero-order valence-electron chi connectivity index (χ0n) is 16.3. The van der Waals surface area contributed by atoms with Crippen molar-refractivity contribution >= 4 is 45.2 Å². The first kappa shape index (κ1) is 18.1. The minimum Gasteiger partial charge on any atom is -0.286 e. The molecule has 0 N–H and O–H groups in total. The zero-order valence-corrected chi connectivity index (χ0v) is 17.8. The Hall–Kier alpha value is -2.75. The fraction of sp³-hybridized carbons (Fsp3) is 0.115. The maximum Gasteiger partial charge on any atom is 0.178 e. The number of para-hydroxylation sites is 2. The molecule has 1 fully saturated rings. The number of imidazole rings is 1. The van der Waals surface area contributed by atoms with Gasteiger partial charge in [-0.25, -0.2) is 4.98 Å². The van der Waals surface area contributed by atoms with E-state index in [0.29, 0.717) is 5.92 Å². The Morgan fingerprint density at radius 2 is 1.63 bits per heavy atom. The van der Waals surface area contributed by atoms with Crippen molar-refractivity contribution in [3.8, 4) is 5.69 Å². The van der Waals surface area contributed by atoms with E-state index < -0.39 is 0 Å². The number of rotatable bonds is 4. The molecule has 1 aliphatic carbocycles. The highest BCUT2D eigenvalue weighted by Crippen LogP contribution is 2.45. The van der Waals surface area contributed by atoms with Crippen LogP contribution in [-0.4, -0.2) is 9.55 Å². The number of benzene rings is 4. The van der Waals surface area contributed by atoms with Crippen molar-refractivity contribution in [2.75, 3.05) is 0 Å². The first-order valence-corrected chi connectivity index (χ1v) is 11.4. The monoisotopic (exact) mass is 426 g/mol. The molecule has 1 saturated carbocycles. The number of hydrogen-bond acceptors (Lipinski definition) is 2.